The summed E-state index contributed by atoms with van der Waals surface area (Å²) in [5.74, 6) is 1.46. The molecule has 0 radical (unpaired) electrons. The molecule has 118 valence electrons. The van der Waals surface area contributed by atoms with Crippen molar-refractivity contribution in [3.63, 3.8) is 0 Å². The van der Waals surface area contributed by atoms with Crippen molar-refractivity contribution < 1.29 is 19.4 Å². The van der Waals surface area contributed by atoms with Crippen LogP contribution in [0.5, 0.6) is 11.5 Å². The Morgan fingerprint density at radius 2 is 2.09 bits per heavy atom. The molecule has 1 aromatic carbocycles. The van der Waals surface area contributed by atoms with Crippen LogP contribution in [0, 0.1) is 5.92 Å². The lowest BCUT2D eigenvalue weighted by Crippen LogP contribution is -2.71. The van der Waals surface area contributed by atoms with Crippen LogP contribution in [0.15, 0.2) is 12.1 Å². The molecule has 0 unspecified atom stereocenters. The van der Waals surface area contributed by atoms with Gasteiger partial charge in [0, 0.05) is 24.3 Å². The zero-order valence-electron chi connectivity index (χ0n) is 13.2. The molecule has 2 fully saturated rings. The Morgan fingerprint density at radius 1 is 1.27 bits per heavy atom. The maximum Gasteiger partial charge on any atom is 0.165 e. The minimum Gasteiger partial charge on any atom is -0.504 e. The third-order valence-corrected chi connectivity index (χ3v) is 7.12. The number of benzene rings is 1. The SMILES string of the molecule is C[N+]1(C)CC[C@]23c4c5ccc(O)c4O[C@H]2[C@@H](O)CC[C@H]3[C@H]1C5. The van der Waals surface area contributed by atoms with Crippen LogP contribution in [0.2, 0.25) is 0 Å². The number of likely N-dealkylation sites (N-methyl/N-ethyl adjacent to an activating group) is 1. The van der Waals surface area contributed by atoms with E-state index in [4.69, 9.17) is 4.74 Å². The Hall–Kier alpha value is -1.26. The number of aliphatic hydroxyl groups is 1. The zero-order valence-corrected chi connectivity index (χ0v) is 13.2. The van der Waals surface area contributed by atoms with Gasteiger partial charge in [-0.2, -0.15) is 0 Å². The van der Waals surface area contributed by atoms with Gasteiger partial charge in [0.25, 0.3) is 0 Å². The van der Waals surface area contributed by atoms with E-state index < -0.39 is 6.10 Å². The number of likely N-dealkylation sites (tertiary alicyclic amines) is 1. The molecule has 4 aliphatic rings. The summed E-state index contributed by atoms with van der Waals surface area (Å²) in [5, 5.41) is 20.9. The summed E-state index contributed by atoms with van der Waals surface area (Å²) >= 11 is 0. The van der Waals surface area contributed by atoms with Gasteiger partial charge in [0.1, 0.15) is 6.10 Å². The number of ether oxygens (including phenoxy) is 1. The van der Waals surface area contributed by atoms with E-state index in [0.717, 1.165) is 36.7 Å². The highest BCUT2D eigenvalue weighted by atomic mass is 16.5. The Bertz CT molecular complexity index is 671. The van der Waals surface area contributed by atoms with Crippen LogP contribution in [0.4, 0.5) is 0 Å². The van der Waals surface area contributed by atoms with Crippen molar-refractivity contribution in [3.05, 3.63) is 23.3 Å². The molecular formula is C18H24NO3+. The molecule has 4 heteroatoms. The Labute approximate surface area is 130 Å². The summed E-state index contributed by atoms with van der Waals surface area (Å²) in [5.41, 5.74) is 2.49. The Kier molecular flexibility index (Phi) is 2.28. The quantitative estimate of drug-likeness (QED) is 0.715. The maximum absolute atomic E-state index is 10.6. The van der Waals surface area contributed by atoms with Crippen molar-refractivity contribution in [1.82, 2.24) is 0 Å². The van der Waals surface area contributed by atoms with Crippen LogP contribution in [0.3, 0.4) is 0 Å². The molecule has 2 N–H and O–H groups in total. The topological polar surface area (TPSA) is 49.7 Å². The minimum atomic E-state index is -0.414. The van der Waals surface area contributed by atoms with Crippen molar-refractivity contribution in [2.45, 2.75) is 49.3 Å². The summed E-state index contributed by atoms with van der Waals surface area (Å²) in [6.07, 6.45) is 3.42. The predicted octanol–water partition coefficient (Wildman–Crippen LogP) is 1.57. The first kappa shape index (κ1) is 13.2. The number of quaternary nitrogens is 1. The van der Waals surface area contributed by atoms with Crippen molar-refractivity contribution >= 4 is 0 Å². The molecule has 1 aromatic rings. The standard InChI is InChI=1S/C18H23NO3/c1-19(2)8-7-18-11-4-6-14(21)17(18)22-16-13(20)5-3-10(15(16)18)9-12(11)19/h3,5,11-12,14,17,21H,4,6-9H2,1-2H3/p+1/t11-,12+,14-,17-,18-/m0/s1. The first-order chi connectivity index (χ1) is 10.4. The molecule has 2 bridgehead atoms. The molecule has 2 heterocycles. The van der Waals surface area contributed by atoms with Gasteiger partial charge < -0.3 is 19.4 Å². The van der Waals surface area contributed by atoms with Gasteiger partial charge in [-0.05, 0) is 24.5 Å². The average molecular weight is 302 g/mol. The summed E-state index contributed by atoms with van der Waals surface area (Å²) in [7, 11) is 4.69. The van der Waals surface area contributed by atoms with Gasteiger partial charge >= 0.3 is 0 Å². The molecule has 22 heavy (non-hydrogen) atoms. The smallest absolute Gasteiger partial charge is 0.165 e. The molecule has 2 aliphatic carbocycles. The van der Waals surface area contributed by atoms with Gasteiger partial charge in [-0.25, -0.2) is 0 Å². The summed E-state index contributed by atoms with van der Waals surface area (Å²) in [4.78, 5) is 0. The van der Waals surface area contributed by atoms with Gasteiger partial charge in [0.2, 0.25) is 0 Å². The first-order valence-corrected chi connectivity index (χ1v) is 8.48. The molecule has 5 rings (SSSR count). The lowest BCUT2D eigenvalue weighted by molar-refractivity contribution is -0.927. The average Bonchev–Trinajstić information content (AvgIpc) is 2.84. The lowest BCUT2D eigenvalue weighted by Gasteiger charge is -2.60. The molecule has 2 aliphatic heterocycles. The lowest BCUT2D eigenvalue weighted by atomic mass is 9.51. The van der Waals surface area contributed by atoms with E-state index in [0.29, 0.717) is 17.7 Å². The fraction of sp³-hybridized carbons (Fsp3) is 0.667. The number of aromatic hydroxyl groups is 1. The molecule has 0 aromatic heterocycles. The van der Waals surface area contributed by atoms with E-state index in [-0.39, 0.29) is 17.3 Å². The van der Waals surface area contributed by atoms with E-state index in [1.165, 1.54) is 11.1 Å². The highest BCUT2D eigenvalue weighted by molar-refractivity contribution is 5.60. The fourth-order valence-corrected chi connectivity index (χ4v) is 6.09. The first-order valence-electron chi connectivity index (χ1n) is 8.48. The third-order valence-electron chi connectivity index (χ3n) is 7.12. The Balaban J connectivity index is 1.81. The summed E-state index contributed by atoms with van der Waals surface area (Å²) < 4.78 is 7.24. The Morgan fingerprint density at radius 3 is 2.91 bits per heavy atom. The largest absolute Gasteiger partial charge is 0.504 e. The molecule has 1 saturated carbocycles. The fourth-order valence-electron chi connectivity index (χ4n) is 6.09. The number of phenols is 1. The van der Waals surface area contributed by atoms with E-state index in [1.807, 2.05) is 0 Å². The second-order valence-electron chi connectivity index (χ2n) is 8.30. The van der Waals surface area contributed by atoms with Gasteiger partial charge in [-0.15, -0.1) is 0 Å². The summed E-state index contributed by atoms with van der Waals surface area (Å²) in [6.45, 7) is 1.11. The number of aliphatic hydroxyl groups excluding tert-OH is 1. The number of hydrogen-bond donors (Lipinski definition) is 2. The highest BCUT2D eigenvalue weighted by Crippen LogP contribution is 2.64. The highest BCUT2D eigenvalue weighted by Gasteiger charge is 2.68. The van der Waals surface area contributed by atoms with E-state index in [1.54, 1.807) is 6.07 Å². The molecule has 4 nitrogen and oxygen atoms in total. The normalized spacial score (nSPS) is 43.4. The molecule has 1 spiro atoms. The van der Waals surface area contributed by atoms with Crippen molar-refractivity contribution in [1.29, 1.82) is 0 Å². The zero-order chi connectivity index (χ0) is 15.3. The van der Waals surface area contributed by atoms with Crippen molar-refractivity contribution in [2.24, 2.45) is 5.92 Å². The van der Waals surface area contributed by atoms with Crippen LogP contribution in [0.1, 0.15) is 30.4 Å². The van der Waals surface area contributed by atoms with E-state index in [9.17, 15) is 10.2 Å². The second-order valence-corrected chi connectivity index (χ2v) is 8.30. The second kappa shape index (κ2) is 3.80. The van der Waals surface area contributed by atoms with Crippen LogP contribution in [0.25, 0.3) is 0 Å². The van der Waals surface area contributed by atoms with Crippen LogP contribution in [-0.4, -0.2) is 53.6 Å². The number of hydrogen-bond acceptors (Lipinski definition) is 3. The monoisotopic (exact) mass is 302 g/mol. The molecule has 0 amide bonds. The maximum atomic E-state index is 10.6. The van der Waals surface area contributed by atoms with Crippen LogP contribution < -0.4 is 4.74 Å². The minimum absolute atomic E-state index is 0.0717. The molecular weight excluding hydrogens is 278 g/mol. The number of phenolic OH excluding ortho intramolecular Hbond substituents is 1. The van der Waals surface area contributed by atoms with Crippen LogP contribution >= 0.6 is 0 Å². The van der Waals surface area contributed by atoms with Gasteiger partial charge in [-0.3, -0.25) is 0 Å². The van der Waals surface area contributed by atoms with Crippen LogP contribution in [-0.2, 0) is 11.8 Å². The van der Waals surface area contributed by atoms with E-state index >= 15 is 0 Å². The summed E-state index contributed by atoms with van der Waals surface area (Å²) in [6, 6.07) is 4.44. The number of rotatable bonds is 0. The molecule has 1 saturated heterocycles. The molecule has 5 atom stereocenters. The van der Waals surface area contributed by atoms with E-state index in [2.05, 4.69) is 20.2 Å². The van der Waals surface area contributed by atoms with Crippen molar-refractivity contribution in [3.8, 4) is 11.5 Å². The number of piperidine rings is 1. The number of nitrogens with zero attached hydrogens (tertiary/aromatic N) is 1. The van der Waals surface area contributed by atoms with Crippen molar-refractivity contribution in [2.75, 3.05) is 20.6 Å². The predicted molar refractivity (Wildman–Crippen MR) is 82.0 cm³/mol. The van der Waals surface area contributed by atoms with Gasteiger partial charge in [0.05, 0.1) is 38.2 Å². The van der Waals surface area contributed by atoms with Gasteiger partial charge in [-0.1, -0.05) is 6.07 Å². The third kappa shape index (κ3) is 1.29. The van der Waals surface area contributed by atoms with Gasteiger partial charge in [0.15, 0.2) is 11.5 Å².